The van der Waals surface area contributed by atoms with E-state index in [1.807, 2.05) is 18.2 Å². The SMILES string of the molecule is CCN(CC(C)(C)CN)c1cccc(OC)n1. The fourth-order valence-electron chi connectivity index (χ4n) is 1.63. The Morgan fingerprint density at radius 1 is 1.41 bits per heavy atom. The number of rotatable bonds is 6. The molecule has 0 aliphatic rings. The van der Waals surface area contributed by atoms with E-state index in [9.17, 15) is 0 Å². The van der Waals surface area contributed by atoms with Crippen molar-refractivity contribution in [1.82, 2.24) is 4.98 Å². The van der Waals surface area contributed by atoms with Crippen LogP contribution < -0.4 is 15.4 Å². The fourth-order valence-corrected chi connectivity index (χ4v) is 1.63. The van der Waals surface area contributed by atoms with Crippen molar-refractivity contribution in [1.29, 1.82) is 0 Å². The molecule has 4 heteroatoms. The predicted molar refractivity (Wildman–Crippen MR) is 71.5 cm³/mol. The van der Waals surface area contributed by atoms with Gasteiger partial charge in [-0.2, -0.15) is 4.98 Å². The summed E-state index contributed by atoms with van der Waals surface area (Å²) in [7, 11) is 1.63. The van der Waals surface area contributed by atoms with Gasteiger partial charge in [-0.15, -0.1) is 0 Å². The molecule has 1 heterocycles. The smallest absolute Gasteiger partial charge is 0.214 e. The van der Waals surface area contributed by atoms with E-state index in [0.29, 0.717) is 12.4 Å². The minimum atomic E-state index is 0.0841. The highest BCUT2D eigenvalue weighted by Crippen LogP contribution is 2.21. The quantitative estimate of drug-likeness (QED) is 0.821. The van der Waals surface area contributed by atoms with E-state index in [4.69, 9.17) is 10.5 Å². The fraction of sp³-hybridized carbons (Fsp3) is 0.615. The Morgan fingerprint density at radius 3 is 2.65 bits per heavy atom. The standard InChI is InChI=1S/C13H23N3O/c1-5-16(10-13(2,3)9-14)11-7-6-8-12(15-11)17-4/h6-8H,5,9-10,14H2,1-4H3. The molecule has 0 amide bonds. The zero-order valence-corrected chi connectivity index (χ0v) is 11.2. The minimum Gasteiger partial charge on any atom is -0.481 e. The normalized spacial score (nSPS) is 11.4. The van der Waals surface area contributed by atoms with Crippen LogP contribution in [-0.2, 0) is 0 Å². The topological polar surface area (TPSA) is 51.4 Å². The van der Waals surface area contributed by atoms with E-state index in [-0.39, 0.29) is 5.41 Å². The molecule has 0 aromatic carbocycles. The first-order valence-electron chi connectivity index (χ1n) is 5.98. The van der Waals surface area contributed by atoms with Crippen LogP contribution in [0.25, 0.3) is 0 Å². The molecule has 17 heavy (non-hydrogen) atoms. The van der Waals surface area contributed by atoms with Gasteiger partial charge in [0.05, 0.1) is 7.11 Å². The second-order valence-electron chi connectivity index (χ2n) is 4.92. The zero-order chi connectivity index (χ0) is 12.9. The molecule has 0 fully saturated rings. The van der Waals surface area contributed by atoms with Crippen LogP contribution in [0.4, 0.5) is 5.82 Å². The molecular formula is C13H23N3O. The molecule has 0 saturated heterocycles. The number of anilines is 1. The van der Waals surface area contributed by atoms with Crippen molar-refractivity contribution in [3.05, 3.63) is 18.2 Å². The monoisotopic (exact) mass is 237 g/mol. The van der Waals surface area contributed by atoms with Gasteiger partial charge >= 0.3 is 0 Å². The Morgan fingerprint density at radius 2 is 2.12 bits per heavy atom. The first-order chi connectivity index (χ1) is 8.02. The molecule has 0 radical (unpaired) electrons. The summed E-state index contributed by atoms with van der Waals surface area (Å²) in [5.41, 5.74) is 5.86. The third kappa shape index (κ3) is 3.89. The highest BCUT2D eigenvalue weighted by atomic mass is 16.5. The lowest BCUT2D eigenvalue weighted by atomic mass is 9.93. The van der Waals surface area contributed by atoms with Crippen molar-refractivity contribution < 1.29 is 4.74 Å². The number of hydrogen-bond donors (Lipinski definition) is 1. The van der Waals surface area contributed by atoms with E-state index in [2.05, 4.69) is 30.7 Å². The first-order valence-corrected chi connectivity index (χ1v) is 5.98. The van der Waals surface area contributed by atoms with Gasteiger partial charge in [-0.25, -0.2) is 0 Å². The Balaban J connectivity index is 2.86. The second-order valence-corrected chi connectivity index (χ2v) is 4.92. The Kier molecular flexibility index (Phi) is 4.75. The molecule has 2 N–H and O–H groups in total. The highest BCUT2D eigenvalue weighted by molar-refractivity contribution is 5.40. The van der Waals surface area contributed by atoms with Gasteiger partial charge in [0.25, 0.3) is 0 Å². The van der Waals surface area contributed by atoms with Crippen LogP contribution in [0.1, 0.15) is 20.8 Å². The van der Waals surface area contributed by atoms with Crippen molar-refractivity contribution in [3.8, 4) is 5.88 Å². The van der Waals surface area contributed by atoms with E-state index in [1.165, 1.54) is 0 Å². The Hall–Kier alpha value is -1.29. The third-order valence-corrected chi connectivity index (χ3v) is 2.80. The van der Waals surface area contributed by atoms with Crippen LogP contribution in [0, 0.1) is 5.41 Å². The number of nitrogens with two attached hydrogens (primary N) is 1. The summed E-state index contributed by atoms with van der Waals surface area (Å²) in [6.07, 6.45) is 0. The highest BCUT2D eigenvalue weighted by Gasteiger charge is 2.20. The van der Waals surface area contributed by atoms with E-state index in [0.717, 1.165) is 18.9 Å². The summed E-state index contributed by atoms with van der Waals surface area (Å²) in [6.45, 7) is 8.90. The summed E-state index contributed by atoms with van der Waals surface area (Å²) in [6, 6.07) is 5.81. The van der Waals surface area contributed by atoms with Crippen molar-refractivity contribution in [3.63, 3.8) is 0 Å². The Labute approximate surface area is 104 Å². The van der Waals surface area contributed by atoms with Gasteiger partial charge in [-0.3, -0.25) is 0 Å². The van der Waals surface area contributed by atoms with Crippen LogP contribution in [0.15, 0.2) is 18.2 Å². The van der Waals surface area contributed by atoms with Gasteiger partial charge in [0.1, 0.15) is 5.82 Å². The molecule has 0 atom stereocenters. The van der Waals surface area contributed by atoms with Crippen molar-refractivity contribution in [2.75, 3.05) is 31.6 Å². The number of pyridine rings is 1. The average Bonchev–Trinajstić information content (AvgIpc) is 2.36. The second kappa shape index (κ2) is 5.87. The molecule has 4 nitrogen and oxygen atoms in total. The maximum Gasteiger partial charge on any atom is 0.214 e. The van der Waals surface area contributed by atoms with E-state index in [1.54, 1.807) is 7.11 Å². The maximum atomic E-state index is 5.77. The van der Waals surface area contributed by atoms with E-state index < -0.39 is 0 Å². The number of ether oxygens (including phenoxy) is 1. The molecule has 96 valence electrons. The molecule has 1 aromatic heterocycles. The molecule has 0 aliphatic carbocycles. The van der Waals surface area contributed by atoms with Crippen molar-refractivity contribution in [2.45, 2.75) is 20.8 Å². The molecule has 0 spiro atoms. The van der Waals surface area contributed by atoms with Crippen LogP contribution in [0.3, 0.4) is 0 Å². The van der Waals surface area contributed by atoms with Crippen LogP contribution >= 0.6 is 0 Å². The predicted octanol–water partition coefficient (Wildman–Crippen LogP) is 1.90. The van der Waals surface area contributed by atoms with Gasteiger partial charge in [0.2, 0.25) is 5.88 Å². The molecule has 0 unspecified atom stereocenters. The van der Waals surface area contributed by atoms with Gasteiger partial charge < -0.3 is 15.4 Å². The van der Waals surface area contributed by atoms with Crippen molar-refractivity contribution >= 4 is 5.82 Å². The first kappa shape index (κ1) is 13.8. The van der Waals surface area contributed by atoms with Crippen molar-refractivity contribution in [2.24, 2.45) is 11.1 Å². The van der Waals surface area contributed by atoms with E-state index >= 15 is 0 Å². The molecule has 0 saturated carbocycles. The summed E-state index contributed by atoms with van der Waals surface area (Å²) in [5.74, 6) is 1.58. The summed E-state index contributed by atoms with van der Waals surface area (Å²) >= 11 is 0. The lowest BCUT2D eigenvalue weighted by molar-refractivity contribution is 0.375. The third-order valence-electron chi connectivity index (χ3n) is 2.80. The van der Waals surface area contributed by atoms with Gasteiger partial charge in [0, 0.05) is 19.2 Å². The number of hydrogen-bond acceptors (Lipinski definition) is 4. The lowest BCUT2D eigenvalue weighted by Crippen LogP contribution is -2.39. The zero-order valence-electron chi connectivity index (χ0n) is 11.2. The van der Waals surface area contributed by atoms with Gasteiger partial charge in [-0.05, 0) is 24.9 Å². The maximum absolute atomic E-state index is 5.77. The summed E-state index contributed by atoms with van der Waals surface area (Å²) < 4.78 is 5.14. The van der Waals surface area contributed by atoms with Gasteiger partial charge in [-0.1, -0.05) is 19.9 Å². The summed E-state index contributed by atoms with van der Waals surface area (Å²) in [4.78, 5) is 6.66. The average molecular weight is 237 g/mol. The van der Waals surface area contributed by atoms with Gasteiger partial charge in [0.15, 0.2) is 0 Å². The van der Waals surface area contributed by atoms with Crippen LogP contribution in [-0.4, -0.2) is 31.7 Å². The summed E-state index contributed by atoms with van der Waals surface area (Å²) in [5, 5.41) is 0. The molecule has 0 aliphatic heterocycles. The Bertz CT molecular complexity index is 352. The lowest BCUT2D eigenvalue weighted by Gasteiger charge is -2.31. The number of methoxy groups -OCH3 is 1. The number of aromatic nitrogens is 1. The molecule has 1 rings (SSSR count). The van der Waals surface area contributed by atoms with Crippen LogP contribution in [0.2, 0.25) is 0 Å². The molecule has 1 aromatic rings. The molecule has 0 bridgehead atoms. The number of nitrogens with zero attached hydrogens (tertiary/aromatic N) is 2. The molecular weight excluding hydrogens is 214 g/mol. The van der Waals surface area contributed by atoms with Crippen LogP contribution in [0.5, 0.6) is 5.88 Å². The largest absolute Gasteiger partial charge is 0.481 e. The minimum absolute atomic E-state index is 0.0841.